The fourth-order valence-electron chi connectivity index (χ4n) is 2.50. The Morgan fingerprint density at radius 2 is 1.92 bits per heavy atom. The Kier molecular flexibility index (Phi) is 6.73. The van der Waals surface area contributed by atoms with Crippen LogP contribution in [-0.4, -0.2) is 52.9 Å². The summed E-state index contributed by atoms with van der Waals surface area (Å²) < 4.78 is 4.83. The molecule has 0 spiro atoms. The molecule has 4 amide bonds. The molecular weight excluding hydrogens is 340 g/mol. The van der Waals surface area contributed by atoms with E-state index >= 15 is 0 Å². The first-order valence-corrected chi connectivity index (χ1v) is 8.57. The van der Waals surface area contributed by atoms with Crippen molar-refractivity contribution in [2.24, 2.45) is 5.92 Å². The maximum absolute atomic E-state index is 12.4. The molecule has 26 heavy (non-hydrogen) atoms. The highest BCUT2D eigenvalue weighted by Gasteiger charge is 2.49. The Bertz CT molecular complexity index is 636. The lowest BCUT2D eigenvalue weighted by molar-refractivity contribution is -0.151. The van der Waals surface area contributed by atoms with Gasteiger partial charge in [-0.3, -0.25) is 19.3 Å². The molecule has 0 saturated carbocycles. The fourth-order valence-corrected chi connectivity index (χ4v) is 2.50. The first-order valence-electron chi connectivity index (χ1n) is 8.57. The maximum Gasteiger partial charge on any atom is 0.326 e. The highest BCUT2D eigenvalue weighted by molar-refractivity contribution is 6.08. The van der Waals surface area contributed by atoms with Crippen LogP contribution < -0.4 is 10.6 Å². The lowest BCUT2D eigenvalue weighted by Crippen LogP contribution is -2.50. The number of ether oxygens (including phenoxy) is 1. The second-order valence-electron chi connectivity index (χ2n) is 6.79. The normalized spacial score (nSPS) is 18.1. The number of hydrogen-bond donors (Lipinski definition) is 2. The number of amides is 4. The number of nitriles is 1. The molecule has 1 rings (SSSR count). The van der Waals surface area contributed by atoms with Crippen LogP contribution in [0, 0.1) is 17.2 Å². The SMILES string of the molecule is CCC1(CC)NC(=O)N(CC(=O)OCC(=O)N[C@](C)(C#N)C(C)C)C1=O. The Labute approximate surface area is 153 Å². The Morgan fingerprint density at radius 1 is 1.35 bits per heavy atom. The minimum absolute atomic E-state index is 0.144. The van der Waals surface area contributed by atoms with Crippen molar-refractivity contribution >= 4 is 23.8 Å². The van der Waals surface area contributed by atoms with Gasteiger partial charge in [0.2, 0.25) is 0 Å². The third-order valence-electron chi connectivity index (χ3n) is 4.89. The average molecular weight is 366 g/mol. The highest BCUT2D eigenvalue weighted by Crippen LogP contribution is 2.24. The van der Waals surface area contributed by atoms with Crippen molar-refractivity contribution in [1.82, 2.24) is 15.5 Å². The number of carbonyl (C=O) groups excluding carboxylic acids is 4. The third-order valence-corrected chi connectivity index (χ3v) is 4.89. The van der Waals surface area contributed by atoms with Gasteiger partial charge in [-0.15, -0.1) is 0 Å². The molecule has 0 bridgehead atoms. The van der Waals surface area contributed by atoms with Gasteiger partial charge in [0.05, 0.1) is 6.07 Å². The molecule has 1 heterocycles. The molecule has 0 aromatic heterocycles. The monoisotopic (exact) mass is 366 g/mol. The number of esters is 1. The zero-order valence-electron chi connectivity index (χ0n) is 15.8. The molecule has 1 saturated heterocycles. The minimum Gasteiger partial charge on any atom is -0.454 e. The zero-order chi connectivity index (χ0) is 20.1. The van der Waals surface area contributed by atoms with Crippen LogP contribution in [-0.2, 0) is 19.1 Å². The van der Waals surface area contributed by atoms with Gasteiger partial charge in [-0.25, -0.2) is 4.79 Å². The van der Waals surface area contributed by atoms with Crippen molar-refractivity contribution in [2.75, 3.05) is 13.2 Å². The van der Waals surface area contributed by atoms with Gasteiger partial charge in [0.15, 0.2) is 6.61 Å². The van der Waals surface area contributed by atoms with Crippen LogP contribution in [0.2, 0.25) is 0 Å². The number of imide groups is 1. The summed E-state index contributed by atoms with van der Waals surface area (Å²) in [6.07, 6.45) is 0.813. The minimum atomic E-state index is -1.09. The molecular formula is C17H26N4O5. The van der Waals surface area contributed by atoms with Crippen LogP contribution in [0.5, 0.6) is 0 Å². The number of carbonyl (C=O) groups is 4. The predicted molar refractivity (Wildman–Crippen MR) is 91.5 cm³/mol. The van der Waals surface area contributed by atoms with Crippen molar-refractivity contribution in [3.05, 3.63) is 0 Å². The molecule has 1 fully saturated rings. The highest BCUT2D eigenvalue weighted by atomic mass is 16.5. The van der Waals surface area contributed by atoms with E-state index in [0.29, 0.717) is 12.8 Å². The summed E-state index contributed by atoms with van der Waals surface area (Å²) in [6, 6.07) is 1.35. The van der Waals surface area contributed by atoms with Crippen LogP contribution in [0.25, 0.3) is 0 Å². The van der Waals surface area contributed by atoms with Gasteiger partial charge in [0.25, 0.3) is 11.8 Å². The molecule has 0 aromatic rings. The van der Waals surface area contributed by atoms with E-state index in [1.54, 1.807) is 34.6 Å². The predicted octanol–water partition coefficient (Wildman–Crippen LogP) is 0.695. The van der Waals surface area contributed by atoms with Crippen LogP contribution >= 0.6 is 0 Å². The number of nitrogens with zero attached hydrogens (tertiary/aromatic N) is 2. The first-order chi connectivity index (χ1) is 12.0. The van der Waals surface area contributed by atoms with Crippen LogP contribution in [0.4, 0.5) is 4.79 Å². The smallest absolute Gasteiger partial charge is 0.326 e. The van der Waals surface area contributed by atoms with Crippen molar-refractivity contribution in [2.45, 2.75) is 58.5 Å². The Hall–Kier alpha value is -2.63. The summed E-state index contributed by atoms with van der Waals surface area (Å²) >= 11 is 0. The van der Waals surface area contributed by atoms with E-state index in [2.05, 4.69) is 10.6 Å². The zero-order valence-corrected chi connectivity index (χ0v) is 15.8. The van der Waals surface area contributed by atoms with Crippen molar-refractivity contribution < 1.29 is 23.9 Å². The quantitative estimate of drug-likeness (QED) is 0.480. The van der Waals surface area contributed by atoms with Crippen LogP contribution in [0.15, 0.2) is 0 Å². The van der Waals surface area contributed by atoms with Crippen molar-refractivity contribution in [3.63, 3.8) is 0 Å². The molecule has 1 aliphatic rings. The molecule has 1 aliphatic heterocycles. The van der Waals surface area contributed by atoms with Crippen LogP contribution in [0.1, 0.15) is 47.5 Å². The molecule has 0 aromatic carbocycles. The molecule has 0 aliphatic carbocycles. The van der Waals surface area contributed by atoms with E-state index in [4.69, 9.17) is 10.00 Å². The Morgan fingerprint density at radius 3 is 2.35 bits per heavy atom. The van der Waals surface area contributed by atoms with Gasteiger partial charge in [-0.2, -0.15) is 5.26 Å². The standard InChI is InChI=1S/C17H26N4O5/c1-6-17(7-2)14(24)21(15(25)20-17)8-13(23)26-9-12(22)19-16(5,10-18)11(3)4/h11H,6-9H2,1-5H3,(H,19,22)(H,20,25)/t16-/m1/s1. The maximum atomic E-state index is 12.4. The summed E-state index contributed by atoms with van der Waals surface area (Å²) in [5.74, 6) is -2.14. The number of nitrogens with one attached hydrogen (secondary N) is 2. The summed E-state index contributed by atoms with van der Waals surface area (Å²) in [4.78, 5) is 48.9. The number of hydrogen-bond acceptors (Lipinski definition) is 6. The average Bonchev–Trinajstić information content (AvgIpc) is 2.84. The van der Waals surface area contributed by atoms with Gasteiger partial charge < -0.3 is 15.4 Å². The van der Waals surface area contributed by atoms with Crippen LogP contribution in [0.3, 0.4) is 0 Å². The van der Waals surface area contributed by atoms with E-state index < -0.39 is 48.0 Å². The van der Waals surface area contributed by atoms with E-state index in [0.717, 1.165) is 4.90 Å². The second-order valence-corrected chi connectivity index (χ2v) is 6.79. The summed E-state index contributed by atoms with van der Waals surface area (Å²) in [6.45, 7) is 7.50. The van der Waals surface area contributed by atoms with Gasteiger partial charge in [0, 0.05) is 0 Å². The van der Waals surface area contributed by atoms with Crippen molar-refractivity contribution in [3.8, 4) is 6.07 Å². The number of rotatable bonds is 8. The molecule has 144 valence electrons. The fraction of sp³-hybridized carbons (Fsp3) is 0.706. The van der Waals surface area contributed by atoms with Gasteiger partial charge >= 0.3 is 12.0 Å². The molecule has 0 unspecified atom stereocenters. The third kappa shape index (κ3) is 4.31. The molecule has 2 N–H and O–H groups in total. The van der Waals surface area contributed by atoms with Crippen molar-refractivity contribution in [1.29, 1.82) is 5.26 Å². The summed E-state index contributed by atoms with van der Waals surface area (Å²) in [5.41, 5.74) is -2.09. The second kappa shape index (κ2) is 8.17. The summed E-state index contributed by atoms with van der Waals surface area (Å²) in [5, 5.41) is 14.3. The Balaban J connectivity index is 2.60. The van der Waals surface area contributed by atoms with Gasteiger partial charge in [-0.1, -0.05) is 27.7 Å². The van der Waals surface area contributed by atoms with E-state index in [1.165, 1.54) is 0 Å². The summed E-state index contributed by atoms with van der Waals surface area (Å²) in [7, 11) is 0. The molecule has 9 heteroatoms. The van der Waals surface area contributed by atoms with Gasteiger partial charge in [0.1, 0.15) is 17.6 Å². The van der Waals surface area contributed by atoms with E-state index in [-0.39, 0.29) is 5.92 Å². The lowest BCUT2D eigenvalue weighted by Gasteiger charge is -2.27. The van der Waals surface area contributed by atoms with E-state index in [1.807, 2.05) is 6.07 Å². The first kappa shape index (κ1) is 21.4. The lowest BCUT2D eigenvalue weighted by atomic mass is 9.90. The van der Waals surface area contributed by atoms with Gasteiger partial charge in [-0.05, 0) is 25.7 Å². The van der Waals surface area contributed by atoms with E-state index in [9.17, 15) is 19.2 Å². The molecule has 9 nitrogen and oxygen atoms in total. The number of urea groups is 1. The molecule has 0 radical (unpaired) electrons. The topological polar surface area (TPSA) is 129 Å². The largest absolute Gasteiger partial charge is 0.454 e. The molecule has 1 atom stereocenters.